The van der Waals surface area contributed by atoms with Crippen molar-refractivity contribution in [3.63, 3.8) is 0 Å². The van der Waals surface area contributed by atoms with Crippen molar-refractivity contribution in [2.45, 2.75) is 12.5 Å². The highest BCUT2D eigenvalue weighted by Gasteiger charge is 2.16. The Labute approximate surface area is 156 Å². The molecule has 4 aromatic rings. The topological polar surface area (TPSA) is 75.1 Å². The summed E-state index contributed by atoms with van der Waals surface area (Å²) in [5.41, 5.74) is 1.71. The number of carboxylic acid groups (broad SMARTS) is 1. The minimum absolute atomic E-state index is 0.132. The third-order valence-corrected chi connectivity index (χ3v) is 4.61. The molecule has 0 aliphatic carbocycles. The van der Waals surface area contributed by atoms with E-state index in [-0.39, 0.29) is 12.6 Å². The van der Waals surface area contributed by atoms with Gasteiger partial charge in [-0.2, -0.15) is 0 Å². The molecule has 0 saturated heterocycles. The number of pyridine rings is 2. The van der Waals surface area contributed by atoms with Crippen LogP contribution in [0.4, 0.5) is 0 Å². The molecule has 0 radical (unpaired) electrons. The zero-order chi connectivity index (χ0) is 18.6. The minimum Gasteiger partial charge on any atom is -0.480 e. The number of carbonyl (C=O) groups is 1. The van der Waals surface area contributed by atoms with E-state index in [4.69, 9.17) is 5.11 Å². The molecular formula is C22H19N3O2. The summed E-state index contributed by atoms with van der Waals surface area (Å²) in [6.45, 7) is -0.132. The van der Waals surface area contributed by atoms with E-state index in [1.54, 1.807) is 0 Å². The Morgan fingerprint density at radius 2 is 1.48 bits per heavy atom. The molecule has 2 heterocycles. The van der Waals surface area contributed by atoms with Crippen LogP contribution in [-0.2, 0) is 11.2 Å². The van der Waals surface area contributed by atoms with Crippen LogP contribution in [0, 0.1) is 0 Å². The standard InChI is InChI=1S/C22H19N3O2/c26-22(27)14-25-21(20-10-16-6-2-4-8-18(16)13-24-20)11-19-9-15-5-1-3-7-17(15)12-23-19/h1-10,12-13,21,25H,11,14H2,(H,26,27). The molecule has 2 aromatic heterocycles. The van der Waals surface area contributed by atoms with Gasteiger partial charge in [-0.3, -0.25) is 20.1 Å². The molecule has 1 unspecified atom stereocenters. The summed E-state index contributed by atoms with van der Waals surface area (Å²) in [4.78, 5) is 20.2. The molecule has 5 nitrogen and oxygen atoms in total. The second-order valence-electron chi connectivity index (χ2n) is 6.51. The van der Waals surface area contributed by atoms with Gasteiger partial charge < -0.3 is 5.11 Å². The number of hydrogen-bond acceptors (Lipinski definition) is 4. The van der Waals surface area contributed by atoms with Gasteiger partial charge >= 0.3 is 5.97 Å². The predicted molar refractivity (Wildman–Crippen MR) is 106 cm³/mol. The number of aromatic nitrogens is 2. The zero-order valence-electron chi connectivity index (χ0n) is 14.7. The summed E-state index contributed by atoms with van der Waals surface area (Å²) in [5, 5.41) is 16.5. The molecule has 2 aromatic carbocycles. The van der Waals surface area contributed by atoms with E-state index in [9.17, 15) is 4.79 Å². The van der Waals surface area contributed by atoms with E-state index >= 15 is 0 Å². The largest absolute Gasteiger partial charge is 0.480 e. The minimum atomic E-state index is -0.896. The van der Waals surface area contributed by atoms with Gasteiger partial charge in [0.1, 0.15) is 0 Å². The van der Waals surface area contributed by atoms with Crippen LogP contribution < -0.4 is 5.32 Å². The second kappa shape index (κ2) is 7.51. The Balaban J connectivity index is 1.67. The van der Waals surface area contributed by atoms with E-state index in [0.717, 1.165) is 32.9 Å². The van der Waals surface area contributed by atoms with Gasteiger partial charge in [-0.25, -0.2) is 0 Å². The molecule has 0 amide bonds. The third kappa shape index (κ3) is 3.93. The number of fused-ring (bicyclic) bond motifs is 2. The van der Waals surface area contributed by atoms with Crippen molar-refractivity contribution in [2.75, 3.05) is 6.54 Å². The van der Waals surface area contributed by atoms with Crippen molar-refractivity contribution >= 4 is 27.5 Å². The second-order valence-corrected chi connectivity index (χ2v) is 6.51. The highest BCUT2D eigenvalue weighted by atomic mass is 16.4. The molecule has 5 heteroatoms. The predicted octanol–water partition coefficient (Wildman–Crippen LogP) is 3.74. The maximum Gasteiger partial charge on any atom is 0.317 e. The first-order chi connectivity index (χ1) is 13.2. The number of hydrogen-bond donors (Lipinski definition) is 2. The van der Waals surface area contributed by atoms with Crippen LogP contribution >= 0.6 is 0 Å². The highest BCUT2D eigenvalue weighted by molar-refractivity contribution is 5.82. The van der Waals surface area contributed by atoms with Crippen molar-refractivity contribution in [3.8, 4) is 0 Å². The maximum absolute atomic E-state index is 11.1. The Hall–Kier alpha value is -3.31. The average molecular weight is 357 g/mol. The van der Waals surface area contributed by atoms with Gasteiger partial charge in [-0.05, 0) is 22.9 Å². The molecule has 0 bridgehead atoms. The maximum atomic E-state index is 11.1. The van der Waals surface area contributed by atoms with Crippen molar-refractivity contribution in [1.29, 1.82) is 0 Å². The Kier molecular flexibility index (Phi) is 4.77. The molecule has 0 saturated carbocycles. The number of aliphatic carboxylic acids is 1. The van der Waals surface area contributed by atoms with Gasteiger partial charge in [0.15, 0.2) is 0 Å². The van der Waals surface area contributed by atoms with Crippen LogP contribution in [0.3, 0.4) is 0 Å². The summed E-state index contributed by atoms with van der Waals surface area (Å²) in [6.07, 6.45) is 4.24. The van der Waals surface area contributed by atoms with Crippen LogP contribution in [0.2, 0.25) is 0 Å². The van der Waals surface area contributed by atoms with Crippen molar-refractivity contribution in [1.82, 2.24) is 15.3 Å². The fraction of sp³-hybridized carbons (Fsp3) is 0.136. The van der Waals surface area contributed by atoms with Crippen LogP contribution in [0.15, 0.2) is 73.1 Å². The van der Waals surface area contributed by atoms with Crippen molar-refractivity contribution in [3.05, 3.63) is 84.4 Å². The lowest BCUT2D eigenvalue weighted by Gasteiger charge is -2.18. The normalized spacial score (nSPS) is 12.3. The zero-order valence-corrected chi connectivity index (χ0v) is 14.7. The van der Waals surface area contributed by atoms with Crippen molar-refractivity contribution < 1.29 is 9.90 Å². The number of rotatable bonds is 6. The molecule has 27 heavy (non-hydrogen) atoms. The molecule has 4 rings (SSSR count). The summed E-state index contributed by atoms with van der Waals surface area (Å²) < 4.78 is 0. The van der Waals surface area contributed by atoms with Gasteiger partial charge in [-0.1, -0.05) is 48.5 Å². The summed E-state index contributed by atoms with van der Waals surface area (Å²) >= 11 is 0. The number of carboxylic acids is 1. The first kappa shape index (κ1) is 17.1. The third-order valence-electron chi connectivity index (χ3n) is 4.61. The van der Waals surface area contributed by atoms with E-state index in [2.05, 4.69) is 21.4 Å². The number of nitrogens with one attached hydrogen (secondary N) is 1. The van der Waals surface area contributed by atoms with Gasteiger partial charge in [0.25, 0.3) is 0 Å². The molecule has 0 aliphatic rings. The molecule has 0 spiro atoms. The monoisotopic (exact) mass is 357 g/mol. The van der Waals surface area contributed by atoms with Crippen LogP contribution in [0.25, 0.3) is 21.5 Å². The summed E-state index contributed by atoms with van der Waals surface area (Å²) in [5.74, 6) is -0.896. The van der Waals surface area contributed by atoms with Crippen LogP contribution in [0.1, 0.15) is 17.4 Å². The number of benzene rings is 2. The van der Waals surface area contributed by atoms with Gasteiger partial charge in [0, 0.05) is 35.3 Å². The molecule has 2 N–H and O–H groups in total. The van der Waals surface area contributed by atoms with E-state index in [1.165, 1.54) is 0 Å². The molecule has 134 valence electrons. The van der Waals surface area contributed by atoms with Crippen molar-refractivity contribution in [2.24, 2.45) is 0 Å². The Bertz CT molecular complexity index is 1110. The van der Waals surface area contributed by atoms with Crippen LogP contribution in [-0.4, -0.2) is 27.6 Å². The first-order valence-corrected chi connectivity index (χ1v) is 8.82. The molecule has 0 fully saturated rings. The van der Waals surface area contributed by atoms with E-state index in [1.807, 2.05) is 67.0 Å². The Morgan fingerprint density at radius 3 is 2.15 bits per heavy atom. The fourth-order valence-corrected chi connectivity index (χ4v) is 3.23. The fourth-order valence-electron chi connectivity index (χ4n) is 3.23. The average Bonchev–Trinajstić information content (AvgIpc) is 2.70. The molecule has 0 aliphatic heterocycles. The lowest BCUT2D eigenvalue weighted by Crippen LogP contribution is -2.29. The Morgan fingerprint density at radius 1 is 0.889 bits per heavy atom. The number of nitrogens with zero attached hydrogens (tertiary/aromatic N) is 2. The van der Waals surface area contributed by atoms with E-state index in [0.29, 0.717) is 6.42 Å². The van der Waals surface area contributed by atoms with E-state index < -0.39 is 5.97 Å². The van der Waals surface area contributed by atoms with Crippen LogP contribution in [0.5, 0.6) is 0 Å². The first-order valence-electron chi connectivity index (χ1n) is 8.82. The lowest BCUT2D eigenvalue weighted by molar-refractivity contribution is -0.136. The highest BCUT2D eigenvalue weighted by Crippen LogP contribution is 2.22. The van der Waals surface area contributed by atoms with Gasteiger partial charge in [0.2, 0.25) is 0 Å². The SMILES string of the molecule is O=C(O)CNC(Cc1cc2ccccc2cn1)c1cc2ccccc2cn1. The lowest BCUT2D eigenvalue weighted by atomic mass is 10.0. The summed E-state index contributed by atoms with van der Waals surface area (Å²) in [7, 11) is 0. The summed E-state index contributed by atoms with van der Waals surface area (Å²) in [6, 6.07) is 19.9. The van der Waals surface area contributed by atoms with Gasteiger partial charge in [-0.15, -0.1) is 0 Å². The quantitative estimate of drug-likeness (QED) is 0.550. The molecular weight excluding hydrogens is 338 g/mol. The van der Waals surface area contributed by atoms with Gasteiger partial charge in [0.05, 0.1) is 18.3 Å². The smallest absolute Gasteiger partial charge is 0.317 e. The molecule has 1 atom stereocenters.